The van der Waals surface area contributed by atoms with Crippen LogP contribution in [0.3, 0.4) is 0 Å². The molecule has 3 aromatic carbocycles. The van der Waals surface area contributed by atoms with Gasteiger partial charge < -0.3 is 4.74 Å². The summed E-state index contributed by atoms with van der Waals surface area (Å²) in [5.41, 5.74) is 0.562. The van der Waals surface area contributed by atoms with Gasteiger partial charge >= 0.3 is 0 Å². The molecular weight excluding hydrogens is 315 g/mol. The molecule has 0 unspecified atom stereocenters. The zero-order valence-corrected chi connectivity index (χ0v) is 11.5. The summed E-state index contributed by atoms with van der Waals surface area (Å²) in [5, 5.41) is 1.63. The maximum absolute atomic E-state index is 13.6. The van der Waals surface area contributed by atoms with E-state index in [1.54, 1.807) is 24.3 Å². The first-order valence-corrected chi connectivity index (χ1v) is 6.61. The fraction of sp³-hybridized carbons (Fsp3) is 0.0588. The predicted molar refractivity (Wildman–Crippen MR) is 74.5 cm³/mol. The molecule has 0 saturated heterocycles. The van der Waals surface area contributed by atoms with Crippen molar-refractivity contribution in [2.24, 2.45) is 0 Å². The number of benzene rings is 3. The number of hydrogen-bond acceptors (Lipinski definition) is 1. The Kier molecular flexibility index (Phi) is 3.90. The van der Waals surface area contributed by atoms with Crippen LogP contribution in [-0.2, 0) is 6.61 Å². The average Bonchev–Trinajstić information content (AvgIpc) is 2.58. The molecule has 0 aromatic heterocycles. The van der Waals surface area contributed by atoms with Crippen molar-refractivity contribution in [1.29, 1.82) is 0 Å². The van der Waals surface area contributed by atoms with Crippen LogP contribution in [0, 0.1) is 29.1 Å². The molecule has 3 aromatic rings. The molecule has 0 aliphatic carbocycles. The van der Waals surface area contributed by atoms with Crippen molar-refractivity contribution in [3.63, 3.8) is 0 Å². The van der Waals surface area contributed by atoms with Gasteiger partial charge in [0.1, 0.15) is 6.61 Å². The Labute approximate surface area is 127 Å². The van der Waals surface area contributed by atoms with Gasteiger partial charge in [-0.3, -0.25) is 0 Å². The summed E-state index contributed by atoms with van der Waals surface area (Å²) >= 11 is 0. The van der Waals surface area contributed by atoms with E-state index in [0.29, 0.717) is 5.56 Å². The molecule has 0 aliphatic heterocycles. The lowest BCUT2D eigenvalue weighted by molar-refractivity contribution is 0.254. The number of halogens is 5. The minimum atomic E-state index is -2.21. The summed E-state index contributed by atoms with van der Waals surface area (Å²) in [7, 11) is 0. The fourth-order valence-corrected chi connectivity index (χ4v) is 2.28. The van der Waals surface area contributed by atoms with Gasteiger partial charge in [-0.2, -0.15) is 8.78 Å². The van der Waals surface area contributed by atoms with Crippen molar-refractivity contribution in [1.82, 2.24) is 0 Å². The van der Waals surface area contributed by atoms with Crippen LogP contribution in [0.25, 0.3) is 10.8 Å². The second kappa shape index (κ2) is 5.87. The van der Waals surface area contributed by atoms with Crippen molar-refractivity contribution in [3.8, 4) is 5.75 Å². The second-order valence-electron chi connectivity index (χ2n) is 4.83. The van der Waals surface area contributed by atoms with Crippen LogP contribution in [0.1, 0.15) is 5.56 Å². The molecule has 23 heavy (non-hydrogen) atoms. The molecule has 1 nitrogen and oxygen atoms in total. The topological polar surface area (TPSA) is 9.23 Å². The van der Waals surface area contributed by atoms with Crippen molar-refractivity contribution in [2.45, 2.75) is 6.61 Å². The van der Waals surface area contributed by atoms with E-state index in [2.05, 4.69) is 0 Å². The first-order chi connectivity index (χ1) is 11.0. The van der Waals surface area contributed by atoms with Crippen molar-refractivity contribution >= 4 is 10.8 Å². The highest BCUT2D eigenvalue weighted by molar-refractivity contribution is 5.85. The molecule has 0 fully saturated rings. The highest BCUT2D eigenvalue weighted by atomic mass is 19.2. The summed E-state index contributed by atoms with van der Waals surface area (Å²) in [6.45, 7) is -0.334. The molecule has 0 N–H and O–H groups in total. The monoisotopic (exact) mass is 324 g/mol. The van der Waals surface area contributed by atoms with E-state index in [1.165, 1.54) is 0 Å². The molecular formula is C17H9F5O. The lowest BCUT2D eigenvalue weighted by Crippen LogP contribution is -2.07. The fourth-order valence-electron chi connectivity index (χ4n) is 2.28. The zero-order valence-electron chi connectivity index (χ0n) is 11.5. The molecule has 0 radical (unpaired) electrons. The number of fused-ring (bicyclic) bond motifs is 1. The molecule has 0 amide bonds. The summed E-state index contributed by atoms with van der Waals surface area (Å²) in [5.74, 6) is -11.5. The third-order valence-electron chi connectivity index (χ3n) is 3.42. The van der Waals surface area contributed by atoms with Gasteiger partial charge in [0.25, 0.3) is 0 Å². The van der Waals surface area contributed by atoms with Gasteiger partial charge in [-0.05, 0) is 16.3 Å². The third-order valence-corrected chi connectivity index (χ3v) is 3.42. The van der Waals surface area contributed by atoms with Crippen LogP contribution in [0.5, 0.6) is 5.75 Å². The molecule has 6 heteroatoms. The van der Waals surface area contributed by atoms with Crippen LogP contribution >= 0.6 is 0 Å². The van der Waals surface area contributed by atoms with Gasteiger partial charge in [0, 0.05) is 0 Å². The van der Waals surface area contributed by atoms with E-state index in [-0.39, 0.29) is 6.61 Å². The van der Waals surface area contributed by atoms with Crippen LogP contribution in [0.2, 0.25) is 0 Å². The highest BCUT2D eigenvalue weighted by Crippen LogP contribution is 2.30. The first kappa shape index (κ1) is 15.3. The summed E-state index contributed by atoms with van der Waals surface area (Å²) in [6, 6.07) is 12.4. The van der Waals surface area contributed by atoms with Crippen LogP contribution in [0.4, 0.5) is 22.0 Å². The van der Waals surface area contributed by atoms with E-state index >= 15 is 0 Å². The highest BCUT2D eigenvalue weighted by Gasteiger charge is 2.27. The van der Waals surface area contributed by atoms with Crippen LogP contribution in [-0.4, -0.2) is 0 Å². The SMILES string of the molecule is Fc1c(F)c(F)c(OCc2cccc3ccccc23)c(F)c1F. The number of rotatable bonds is 3. The minimum Gasteiger partial charge on any atom is -0.483 e. The molecule has 118 valence electrons. The van der Waals surface area contributed by atoms with E-state index in [4.69, 9.17) is 4.74 Å². The van der Waals surface area contributed by atoms with Gasteiger partial charge in [-0.1, -0.05) is 42.5 Å². The predicted octanol–water partition coefficient (Wildman–Crippen LogP) is 5.11. The molecule has 0 aliphatic rings. The van der Waals surface area contributed by atoms with Gasteiger partial charge in [0.2, 0.25) is 29.1 Å². The Bertz CT molecular complexity index is 857. The standard InChI is InChI=1S/C17H9F5O/c18-12-13(19)15(21)17(16(22)14(12)20)23-8-10-6-3-5-9-4-1-2-7-11(9)10/h1-7H,8H2. The third kappa shape index (κ3) is 2.60. The van der Waals surface area contributed by atoms with E-state index in [1.807, 2.05) is 18.2 Å². The van der Waals surface area contributed by atoms with Crippen molar-refractivity contribution in [2.75, 3.05) is 0 Å². The average molecular weight is 324 g/mol. The summed E-state index contributed by atoms with van der Waals surface area (Å²) in [4.78, 5) is 0. The Balaban J connectivity index is 1.98. The smallest absolute Gasteiger partial charge is 0.207 e. The number of ether oxygens (including phenoxy) is 1. The molecule has 3 rings (SSSR count). The maximum atomic E-state index is 13.6. The minimum absolute atomic E-state index is 0.334. The largest absolute Gasteiger partial charge is 0.483 e. The van der Waals surface area contributed by atoms with E-state index in [9.17, 15) is 22.0 Å². The Morgan fingerprint density at radius 1 is 0.652 bits per heavy atom. The quantitative estimate of drug-likeness (QED) is 0.369. The molecule has 0 saturated carbocycles. The Hall–Kier alpha value is -2.63. The maximum Gasteiger partial charge on any atom is 0.207 e. The van der Waals surface area contributed by atoms with Crippen molar-refractivity contribution < 1.29 is 26.7 Å². The molecule has 0 heterocycles. The molecule has 0 spiro atoms. The van der Waals surface area contributed by atoms with Gasteiger partial charge in [0.15, 0.2) is 5.75 Å². The van der Waals surface area contributed by atoms with E-state index < -0.39 is 34.8 Å². The summed E-state index contributed by atoms with van der Waals surface area (Å²) < 4.78 is 71.3. The zero-order chi connectivity index (χ0) is 16.6. The normalized spacial score (nSPS) is 11.0. The Morgan fingerprint density at radius 3 is 1.91 bits per heavy atom. The van der Waals surface area contributed by atoms with Crippen molar-refractivity contribution in [3.05, 3.63) is 77.1 Å². The van der Waals surface area contributed by atoms with Gasteiger partial charge in [0.05, 0.1) is 0 Å². The van der Waals surface area contributed by atoms with Gasteiger partial charge in [-0.25, -0.2) is 13.2 Å². The molecule has 0 atom stereocenters. The number of hydrogen-bond donors (Lipinski definition) is 0. The second-order valence-corrected chi connectivity index (χ2v) is 4.83. The van der Waals surface area contributed by atoms with Crippen LogP contribution in [0.15, 0.2) is 42.5 Å². The van der Waals surface area contributed by atoms with Crippen LogP contribution < -0.4 is 4.74 Å². The lowest BCUT2D eigenvalue weighted by Gasteiger charge is -2.11. The molecule has 0 bridgehead atoms. The lowest BCUT2D eigenvalue weighted by atomic mass is 10.1. The first-order valence-electron chi connectivity index (χ1n) is 6.61. The summed E-state index contributed by atoms with van der Waals surface area (Å²) in [6.07, 6.45) is 0. The Morgan fingerprint density at radius 2 is 1.22 bits per heavy atom. The van der Waals surface area contributed by atoms with E-state index in [0.717, 1.165) is 10.8 Å². The van der Waals surface area contributed by atoms with Gasteiger partial charge in [-0.15, -0.1) is 0 Å².